The topological polar surface area (TPSA) is 0 Å². The standard InChI is InChI=1S/C18H13F.C8H18/c19-18-7-3-6-14-16-9-8-12-4-1-2-5-13(12)15(16)10-11-17(14)18;1-3-5-7-8-6-4-2/h1-6,8-11,18H,7H2;3-8H2,1-2H3. The van der Waals surface area contributed by atoms with Crippen molar-refractivity contribution in [3.63, 3.8) is 0 Å². The van der Waals surface area contributed by atoms with Crippen molar-refractivity contribution in [2.75, 3.05) is 0 Å². The largest absolute Gasteiger partial charge is 0.242 e. The van der Waals surface area contributed by atoms with Gasteiger partial charge < -0.3 is 0 Å². The second-order valence-electron chi connectivity index (χ2n) is 7.47. The first kappa shape index (κ1) is 19.6. The molecule has 0 aliphatic heterocycles. The van der Waals surface area contributed by atoms with E-state index in [1.54, 1.807) is 0 Å². The maximum Gasteiger partial charge on any atom is 0.129 e. The number of rotatable bonds is 5. The number of unbranched alkanes of at least 4 members (excludes halogenated alkanes) is 5. The van der Waals surface area contributed by atoms with Gasteiger partial charge in [-0.1, -0.05) is 113 Å². The summed E-state index contributed by atoms with van der Waals surface area (Å²) in [6.45, 7) is 4.51. The molecule has 0 bridgehead atoms. The van der Waals surface area contributed by atoms with Crippen LogP contribution in [0.3, 0.4) is 0 Å². The van der Waals surface area contributed by atoms with Gasteiger partial charge in [0.25, 0.3) is 0 Å². The third kappa shape index (κ3) is 4.58. The number of hydrogen-bond donors (Lipinski definition) is 0. The van der Waals surface area contributed by atoms with Gasteiger partial charge in [-0.3, -0.25) is 0 Å². The Kier molecular flexibility index (Phi) is 7.04. The van der Waals surface area contributed by atoms with Gasteiger partial charge >= 0.3 is 0 Å². The Morgan fingerprint density at radius 3 is 2.22 bits per heavy atom. The predicted molar refractivity (Wildman–Crippen MR) is 118 cm³/mol. The van der Waals surface area contributed by atoms with Crippen LogP contribution in [0.2, 0.25) is 0 Å². The molecule has 1 aliphatic carbocycles. The average Bonchev–Trinajstić information content (AvgIpc) is 2.71. The predicted octanol–water partition coefficient (Wildman–Crippen LogP) is 8.79. The van der Waals surface area contributed by atoms with Crippen molar-refractivity contribution in [3.8, 4) is 0 Å². The molecule has 1 heteroatoms. The van der Waals surface area contributed by atoms with E-state index in [-0.39, 0.29) is 0 Å². The molecule has 0 saturated carbocycles. The van der Waals surface area contributed by atoms with Crippen molar-refractivity contribution >= 4 is 27.6 Å². The van der Waals surface area contributed by atoms with Crippen LogP contribution in [-0.4, -0.2) is 0 Å². The number of halogens is 1. The maximum absolute atomic E-state index is 14.0. The van der Waals surface area contributed by atoms with Gasteiger partial charge in [-0.2, -0.15) is 0 Å². The van der Waals surface area contributed by atoms with E-state index in [0.717, 1.165) is 16.5 Å². The van der Waals surface area contributed by atoms with Crippen LogP contribution in [-0.2, 0) is 0 Å². The summed E-state index contributed by atoms with van der Waals surface area (Å²) >= 11 is 0. The Bertz CT molecular complexity index is 901. The molecule has 0 saturated heterocycles. The molecule has 1 aliphatic rings. The lowest BCUT2D eigenvalue weighted by atomic mass is 9.89. The van der Waals surface area contributed by atoms with Crippen molar-refractivity contribution in [3.05, 3.63) is 65.7 Å². The molecule has 142 valence electrons. The summed E-state index contributed by atoms with van der Waals surface area (Å²) in [5.74, 6) is 0. The van der Waals surface area contributed by atoms with E-state index in [1.165, 1.54) is 54.7 Å². The second kappa shape index (κ2) is 9.69. The summed E-state index contributed by atoms with van der Waals surface area (Å²) in [5, 5.41) is 4.81. The van der Waals surface area contributed by atoms with Gasteiger partial charge in [-0.05, 0) is 32.7 Å². The van der Waals surface area contributed by atoms with E-state index < -0.39 is 6.17 Å². The highest BCUT2D eigenvalue weighted by Crippen LogP contribution is 2.37. The molecule has 0 N–H and O–H groups in total. The number of fused-ring (bicyclic) bond motifs is 5. The summed E-state index contributed by atoms with van der Waals surface area (Å²) in [6.07, 6.45) is 12.1. The lowest BCUT2D eigenvalue weighted by Gasteiger charge is -2.17. The maximum atomic E-state index is 14.0. The van der Waals surface area contributed by atoms with E-state index in [4.69, 9.17) is 0 Å². The van der Waals surface area contributed by atoms with Gasteiger partial charge in [0.1, 0.15) is 6.17 Å². The van der Waals surface area contributed by atoms with Crippen LogP contribution >= 0.6 is 0 Å². The SMILES string of the molecule is CCCCCCCC.FC1CC=Cc2c1ccc1c2ccc2ccccc21. The van der Waals surface area contributed by atoms with E-state index >= 15 is 0 Å². The highest BCUT2D eigenvalue weighted by atomic mass is 19.1. The highest BCUT2D eigenvalue weighted by molar-refractivity contribution is 6.10. The molecule has 4 rings (SSSR count). The van der Waals surface area contributed by atoms with Crippen LogP contribution < -0.4 is 0 Å². The fourth-order valence-electron chi connectivity index (χ4n) is 3.87. The zero-order valence-electron chi connectivity index (χ0n) is 16.7. The van der Waals surface area contributed by atoms with Gasteiger partial charge in [-0.25, -0.2) is 4.39 Å². The van der Waals surface area contributed by atoms with E-state index in [9.17, 15) is 4.39 Å². The van der Waals surface area contributed by atoms with Crippen molar-refractivity contribution in [2.45, 2.75) is 65.0 Å². The summed E-state index contributed by atoms with van der Waals surface area (Å²) in [6, 6.07) is 16.6. The smallest absolute Gasteiger partial charge is 0.129 e. The molecule has 0 aromatic heterocycles. The van der Waals surface area contributed by atoms with E-state index in [0.29, 0.717) is 6.42 Å². The van der Waals surface area contributed by atoms with Gasteiger partial charge in [0.2, 0.25) is 0 Å². The molecule has 0 spiro atoms. The first-order valence-electron chi connectivity index (χ1n) is 10.5. The molecular weight excluding hydrogens is 331 g/mol. The van der Waals surface area contributed by atoms with Crippen molar-refractivity contribution in [1.82, 2.24) is 0 Å². The van der Waals surface area contributed by atoms with Crippen LogP contribution in [0, 0.1) is 0 Å². The zero-order valence-corrected chi connectivity index (χ0v) is 16.7. The fraction of sp³-hybridized carbons (Fsp3) is 0.385. The van der Waals surface area contributed by atoms with Crippen LogP contribution in [0.4, 0.5) is 4.39 Å². The molecule has 1 atom stereocenters. The van der Waals surface area contributed by atoms with Gasteiger partial charge in [0.05, 0.1) is 0 Å². The molecule has 0 amide bonds. The van der Waals surface area contributed by atoms with Crippen LogP contribution in [0.5, 0.6) is 0 Å². The van der Waals surface area contributed by atoms with Gasteiger partial charge in [-0.15, -0.1) is 0 Å². The van der Waals surface area contributed by atoms with Crippen molar-refractivity contribution in [2.24, 2.45) is 0 Å². The Morgan fingerprint density at radius 1 is 0.778 bits per heavy atom. The Balaban J connectivity index is 0.000000226. The lowest BCUT2D eigenvalue weighted by molar-refractivity contribution is 0.345. The Labute approximate surface area is 163 Å². The molecule has 0 heterocycles. The average molecular weight is 363 g/mol. The van der Waals surface area contributed by atoms with Gasteiger partial charge in [0.15, 0.2) is 0 Å². The quantitative estimate of drug-likeness (QED) is 0.314. The molecule has 27 heavy (non-hydrogen) atoms. The minimum absolute atomic E-state index is 0.492. The van der Waals surface area contributed by atoms with Crippen LogP contribution in [0.15, 0.2) is 54.6 Å². The number of hydrogen-bond acceptors (Lipinski definition) is 0. The summed E-state index contributed by atoms with van der Waals surface area (Å²) in [5.41, 5.74) is 1.87. The third-order valence-corrected chi connectivity index (χ3v) is 5.42. The Morgan fingerprint density at radius 2 is 1.48 bits per heavy atom. The third-order valence-electron chi connectivity index (χ3n) is 5.42. The van der Waals surface area contributed by atoms with Crippen molar-refractivity contribution in [1.29, 1.82) is 0 Å². The van der Waals surface area contributed by atoms with Crippen LogP contribution in [0.1, 0.15) is 76.1 Å². The molecule has 3 aromatic carbocycles. The number of benzene rings is 3. The highest BCUT2D eigenvalue weighted by Gasteiger charge is 2.18. The molecule has 1 unspecified atom stereocenters. The first-order valence-corrected chi connectivity index (χ1v) is 10.5. The molecule has 0 radical (unpaired) electrons. The molecular formula is C26H31F. The van der Waals surface area contributed by atoms with Gasteiger partial charge in [0, 0.05) is 6.42 Å². The molecule has 0 nitrogen and oxygen atoms in total. The van der Waals surface area contributed by atoms with E-state index in [1.807, 2.05) is 18.2 Å². The molecule has 0 fully saturated rings. The lowest BCUT2D eigenvalue weighted by Crippen LogP contribution is -1.99. The fourth-order valence-corrected chi connectivity index (χ4v) is 3.87. The summed E-state index contributed by atoms with van der Waals surface area (Å²) < 4.78 is 14.0. The number of alkyl halides is 1. The number of allylic oxidation sites excluding steroid dienone is 1. The van der Waals surface area contributed by atoms with Crippen molar-refractivity contribution < 1.29 is 4.39 Å². The Hall–Kier alpha value is -2.15. The first-order chi connectivity index (χ1) is 13.3. The normalized spacial score (nSPS) is 15.4. The summed E-state index contributed by atoms with van der Waals surface area (Å²) in [4.78, 5) is 0. The van der Waals surface area contributed by atoms with E-state index in [2.05, 4.69) is 56.3 Å². The summed E-state index contributed by atoms with van der Waals surface area (Å²) in [7, 11) is 0. The second-order valence-corrected chi connectivity index (χ2v) is 7.47. The minimum Gasteiger partial charge on any atom is -0.242 e. The molecule has 3 aromatic rings. The van der Waals surface area contributed by atoms with Crippen LogP contribution in [0.25, 0.3) is 27.6 Å². The monoisotopic (exact) mass is 362 g/mol. The zero-order chi connectivity index (χ0) is 19.1. The minimum atomic E-state index is -0.865.